The molecule has 6 nitrogen and oxygen atoms in total. The van der Waals surface area contributed by atoms with Crippen LogP contribution in [-0.2, 0) is 24.8 Å². The lowest BCUT2D eigenvalue weighted by molar-refractivity contribution is -0.130. The van der Waals surface area contributed by atoms with Crippen molar-refractivity contribution >= 4 is 35.1 Å². The van der Waals surface area contributed by atoms with Crippen LogP contribution in [0.1, 0.15) is 21.7 Å². The fraction of sp³-hybridized carbons (Fsp3) is 0.500. The Hall–Kier alpha value is -1.27. The molecular formula is C10H11Cl2N3O3. The van der Waals surface area contributed by atoms with Crippen molar-refractivity contribution in [1.29, 1.82) is 0 Å². The van der Waals surface area contributed by atoms with Crippen LogP contribution < -0.4 is 0 Å². The van der Waals surface area contributed by atoms with Crippen LogP contribution in [0.3, 0.4) is 0 Å². The van der Waals surface area contributed by atoms with Crippen LogP contribution in [0.2, 0.25) is 0 Å². The number of carboxylic acid groups (broad SMARTS) is 1. The summed E-state index contributed by atoms with van der Waals surface area (Å²) in [6, 6.07) is 0. The van der Waals surface area contributed by atoms with Crippen LogP contribution in [0.15, 0.2) is 0 Å². The average Bonchev–Trinajstić information content (AvgIpc) is 2.62. The second kappa shape index (κ2) is 4.78. The first-order valence-electron chi connectivity index (χ1n) is 5.26. The highest BCUT2D eigenvalue weighted by molar-refractivity contribution is 6.53. The minimum atomic E-state index is -1.13. The van der Waals surface area contributed by atoms with E-state index in [2.05, 4.69) is 5.10 Å². The molecule has 0 unspecified atom stereocenters. The first-order chi connectivity index (χ1) is 8.41. The molecule has 1 amide bonds. The van der Waals surface area contributed by atoms with Crippen molar-refractivity contribution in [1.82, 2.24) is 14.7 Å². The number of fused-ring (bicyclic) bond motifs is 1. The summed E-state index contributed by atoms with van der Waals surface area (Å²) in [5.74, 6) is -1.47. The van der Waals surface area contributed by atoms with Gasteiger partial charge in [0.25, 0.3) is 5.91 Å². The Morgan fingerprint density at radius 2 is 2.11 bits per heavy atom. The molecule has 1 aromatic heterocycles. The molecule has 98 valence electrons. The number of amides is 1. The molecule has 0 spiro atoms. The summed E-state index contributed by atoms with van der Waals surface area (Å²) in [7, 11) is 1.57. The topological polar surface area (TPSA) is 75.4 Å². The summed E-state index contributed by atoms with van der Waals surface area (Å²) in [4.78, 5) is 23.1. The maximum absolute atomic E-state index is 11.7. The zero-order chi connectivity index (χ0) is 13.4. The Bertz CT molecular complexity index is 513. The third-order valence-electron chi connectivity index (χ3n) is 2.90. The van der Waals surface area contributed by atoms with Gasteiger partial charge >= 0.3 is 5.97 Å². The van der Waals surface area contributed by atoms with E-state index in [4.69, 9.17) is 28.3 Å². The number of aryl methyl sites for hydroxylation is 1. The first-order valence-corrected chi connectivity index (χ1v) is 6.14. The minimum Gasteiger partial charge on any atom is -0.477 e. The fourth-order valence-corrected chi connectivity index (χ4v) is 2.37. The molecule has 1 aromatic rings. The number of nitrogens with zero attached hydrogens (tertiary/aromatic N) is 3. The third-order valence-corrected chi connectivity index (χ3v) is 3.27. The molecule has 0 fully saturated rings. The van der Waals surface area contributed by atoms with E-state index in [1.54, 1.807) is 7.05 Å². The van der Waals surface area contributed by atoms with Crippen LogP contribution >= 0.6 is 23.2 Å². The van der Waals surface area contributed by atoms with Gasteiger partial charge in [0.2, 0.25) is 0 Å². The molecule has 8 heteroatoms. The van der Waals surface area contributed by atoms with Gasteiger partial charge in [-0.25, -0.2) is 4.79 Å². The molecular weight excluding hydrogens is 281 g/mol. The fourth-order valence-electron chi connectivity index (χ4n) is 2.09. The van der Waals surface area contributed by atoms with Crippen molar-refractivity contribution in [3.8, 4) is 0 Å². The van der Waals surface area contributed by atoms with Crippen LogP contribution in [0.4, 0.5) is 0 Å². The van der Waals surface area contributed by atoms with Crippen molar-refractivity contribution in [2.24, 2.45) is 7.05 Å². The van der Waals surface area contributed by atoms with Crippen molar-refractivity contribution in [2.45, 2.75) is 17.8 Å². The van der Waals surface area contributed by atoms with E-state index < -0.39 is 16.7 Å². The number of rotatable bonds is 2. The lowest BCUT2D eigenvalue weighted by Crippen LogP contribution is -2.39. The molecule has 0 atom stereocenters. The van der Waals surface area contributed by atoms with Gasteiger partial charge in [-0.3, -0.25) is 9.48 Å². The van der Waals surface area contributed by atoms with Crippen LogP contribution in [0.25, 0.3) is 0 Å². The standard InChI is InChI=1S/C10H11Cl2N3O3/c1-14-7(10(17)18)5-4-15(9(16)8(11)12)3-2-6(5)13-14/h8H,2-4H2,1H3,(H,17,18). The van der Waals surface area contributed by atoms with Gasteiger partial charge in [0.15, 0.2) is 10.5 Å². The largest absolute Gasteiger partial charge is 0.477 e. The van der Waals surface area contributed by atoms with E-state index in [9.17, 15) is 9.59 Å². The SMILES string of the molecule is Cn1nc2c(c1C(=O)O)CN(C(=O)C(Cl)Cl)CC2. The summed E-state index contributed by atoms with van der Waals surface area (Å²) in [5, 5.41) is 13.3. The Kier molecular flexibility index (Phi) is 3.49. The average molecular weight is 292 g/mol. The van der Waals surface area contributed by atoms with Gasteiger partial charge in [0.1, 0.15) is 0 Å². The lowest BCUT2D eigenvalue weighted by atomic mass is 10.1. The van der Waals surface area contributed by atoms with Crippen molar-refractivity contribution in [3.63, 3.8) is 0 Å². The van der Waals surface area contributed by atoms with E-state index in [-0.39, 0.29) is 12.2 Å². The Balaban J connectivity index is 2.33. The molecule has 1 aliphatic heterocycles. The first kappa shape index (κ1) is 13.2. The molecule has 2 rings (SSSR count). The summed E-state index contributed by atoms with van der Waals surface area (Å²) >= 11 is 11.1. The molecule has 18 heavy (non-hydrogen) atoms. The van der Waals surface area contributed by atoms with Crippen LogP contribution in [0.5, 0.6) is 0 Å². The maximum atomic E-state index is 11.7. The molecule has 0 saturated carbocycles. The van der Waals surface area contributed by atoms with Crippen molar-refractivity contribution in [3.05, 3.63) is 17.0 Å². The number of carbonyl (C=O) groups excluding carboxylic acids is 1. The van der Waals surface area contributed by atoms with Gasteiger partial charge in [0, 0.05) is 32.1 Å². The molecule has 1 N–H and O–H groups in total. The number of aromatic nitrogens is 2. The number of carbonyl (C=O) groups is 2. The third kappa shape index (κ3) is 2.18. The molecule has 0 saturated heterocycles. The number of aromatic carboxylic acids is 1. The highest BCUT2D eigenvalue weighted by Gasteiger charge is 2.30. The molecule has 2 heterocycles. The van der Waals surface area contributed by atoms with Gasteiger partial charge in [-0.15, -0.1) is 0 Å². The number of alkyl halides is 2. The normalized spacial score (nSPS) is 14.8. The van der Waals surface area contributed by atoms with E-state index in [1.807, 2.05) is 0 Å². The predicted molar refractivity (Wildman–Crippen MR) is 64.8 cm³/mol. The van der Waals surface area contributed by atoms with Gasteiger partial charge in [0.05, 0.1) is 5.69 Å². The summed E-state index contributed by atoms with van der Waals surface area (Å²) in [6.07, 6.45) is 0.503. The molecule has 0 radical (unpaired) electrons. The van der Waals surface area contributed by atoms with Gasteiger partial charge in [-0.2, -0.15) is 5.10 Å². The number of hydrogen-bond acceptors (Lipinski definition) is 3. The Morgan fingerprint density at radius 1 is 1.44 bits per heavy atom. The molecule has 0 bridgehead atoms. The van der Waals surface area contributed by atoms with Crippen LogP contribution in [0, 0.1) is 0 Å². The number of carboxylic acids is 1. The maximum Gasteiger partial charge on any atom is 0.354 e. The zero-order valence-corrected chi connectivity index (χ0v) is 11.1. The van der Waals surface area contributed by atoms with E-state index >= 15 is 0 Å². The quantitative estimate of drug-likeness (QED) is 0.818. The number of halogens is 2. The summed E-state index contributed by atoms with van der Waals surface area (Å²) in [5.41, 5.74) is 1.36. The zero-order valence-electron chi connectivity index (χ0n) is 9.56. The highest BCUT2D eigenvalue weighted by atomic mass is 35.5. The van der Waals surface area contributed by atoms with E-state index in [0.29, 0.717) is 24.2 Å². The smallest absolute Gasteiger partial charge is 0.354 e. The lowest BCUT2D eigenvalue weighted by Gasteiger charge is -2.27. The van der Waals surface area contributed by atoms with E-state index in [0.717, 1.165) is 0 Å². The second-order valence-electron chi connectivity index (χ2n) is 4.01. The molecule has 1 aliphatic rings. The predicted octanol–water partition coefficient (Wildman–Crippen LogP) is 0.807. The monoisotopic (exact) mass is 291 g/mol. The Morgan fingerprint density at radius 3 is 2.67 bits per heavy atom. The van der Waals surface area contributed by atoms with Gasteiger partial charge in [-0.05, 0) is 0 Å². The van der Waals surface area contributed by atoms with Crippen LogP contribution in [-0.4, -0.2) is 43.0 Å². The van der Waals surface area contributed by atoms with Crippen molar-refractivity contribution < 1.29 is 14.7 Å². The summed E-state index contributed by atoms with van der Waals surface area (Å²) < 4.78 is 1.32. The summed E-state index contributed by atoms with van der Waals surface area (Å²) in [6.45, 7) is 0.622. The Labute approximate surface area is 113 Å². The second-order valence-corrected chi connectivity index (χ2v) is 5.11. The minimum absolute atomic E-state index is 0.100. The molecule has 0 aromatic carbocycles. The van der Waals surface area contributed by atoms with Gasteiger partial charge in [-0.1, -0.05) is 23.2 Å². The van der Waals surface area contributed by atoms with Crippen molar-refractivity contribution in [2.75, 3.05) is 6.54 Å². The van der Waals surface area contributed by atoms with E-state index in [1.165, 1.54) is 9.58 Å². The molecule has 0 aliphatic carbocycles. The van der Waals surface area contributed by atoms with Gasteiger partial charge < -0.3 is 10.0 Å². The number of hydrogen-bond donors (Lipinski definition) is 1. The highest BCUT2D eigenvalue weighted by Crippen LogP contribution is 2.23.